The van der Waals surface area contributed by atoms with Crippen molar-refractivity contribution in [1.29, 1.82) is 0 Å². The Morgan fingerprint density at radius 1 is 0.867 bits per heavy atom. The van der Waals surface area contributed by atoms with Crippen LogP contribution >= 0.6 is 0 Å². The van der Waals surface area contributed by atoms with Gasteiger partial charge in [0.05, 0.1) is 6.61 Å². The van der Waals surface area contributed by atoms with Crippen LogP contribution in [0.25, 0.3) is 11.1 Å². The van der Waals surface area contributed by atoms with Gasteiger partial charge in [0.25, 0.3) is 0 Å². The van der Waals surface area contributed by atoms with Gasteiger partial charge in [0, 0.05) is 6.61 Å². The minimum atomic E-state index is 0.721. The first-order chi connectivity index (χ1) is 14.8. The van der Waals surface area contributed by atoms with E-state index in [1.165, 1.54) is 80.0 Å². The van der Waals surface area contributed by atoms with Crippen molar-refractivity contribution >= 4 is 0 Å². The van der Waals surface area contributed by atoms with E-state index < -0.39 is 0 Å². The van der Waals surface area contributed by atoms with Gasteiger partial charge in [0.15, 0.2) is 0 Å². The van der Waals surface area contributed by atoms with Crippen LogP contribution in [0.3, 0.4) is 0 Å². The Labute approximate surface area is 184 Å². The second-order valence-corrected chi connectivity index (χ2v) is 9.02. The van der Waals surface area contributed by atoms with Gasteiger partial charge in [-0.05, 0) is 79.0 Å². The predicted octanol–water partition coefficient (Wildman–Crippen LogP) is 8.69. The van der Waals surface area contributed by atoms with Crippen LogP contribution in [-0.2, 0) is 11.3 Å². The van der Waals surface area contributed by atoms with E-state index in [9.17, 15) is 0 Å². The number of allylic oxidation sites excluding steroid dienone is 1. The Kier molecular flexibility index (Phi) is 9.70. The molecule has 1 nitrogen and oxygen atoms in total. The third-order valence-electron chi connectivity index (χ3n) is 6.70. The second-order valence-electron chi connectivity index (χ2n) is 9.02. The molecule has 0 N–H and O–H groups in total. The molecule has 2 aromatic carbocycles. The summed E-state index contributed by atoms with van der Waals surface area (Å²) in [6, 6.07) is 18.2. The number of unbranched alkanes of at least 4 members (excludes halogenated alkanes) is 3. The molecule has 0 aromatic heterocycles. The zero-order valence-electron chi connectivity index (χ0n) is 19.0. The minimum absolute atomic E-state index is 0.721. The lowest BCUT2D eigenvalue weighted by Gasteiger charge is -2.29. The highest BCUT2D eigenvalue weighted by atomic mass is 16.5. The number of benzene rings is 2. The zero-order chi connectivity index (χ0) is 21.0. The molecule has 30 heavy (non-hydrogen) atoms. The van der Waals surface area contributed by atoms with Crippen LogP contribution in [0, 0.1) is 5.92 Å². The summed E-state index contributed by atoms with van der Waals surface area (Å²) in [4.78, 5) is 0. The highest BCUT2D eigenvalue weighted by molar-refractivity contribution is 5.64. The van der Waals surface area contributed by atoms with Crippen molar-refractivity contribution in [3.8, 4) is 11.1 Å². The van der Waals surface area contributed by atoms with Crippen molar-refractivity contribution in [2.24, 2.45) is 5.92 Å². The van der Waals surface area contributed by atoms with Crippen LogP contribution in [0.2, 0.25) is 0 Å². The van der Waals surface area contributed by atoms with E-state index in [1.54, 1.807) is 0 Å². The van der Waals surface area contributed by atoms with E-state index in [0.29, 0.717) is 0 Å². The standard InChI is InChI=1S/C29H40O/c1-3-5-7-9-24-10-14-26(15-11-24)28-18-20-29(21-19-28)27-16-12-25(13-17-27)23-30-22-8-6-4-2/h3,12-13,16-21,24,26H,1,4-11,14-15,22-23H2,2H3. The molecule has 0 heterocycles. The summed E-state index contributed by atoms with van der Waals surface area (Å²) in [5, 5.41) is 0. The monoisotopic (exact) mass is 404 g/mol. The van der Waals surface area contributed by atoms with Gasteiger partial charge in [-0.15, -0.1) is 6.58 Å². The van der Waals surface area contributed by atoms with Crippen molar-refractivity contribution in [1.82, 2.24) is 0 Å². The van der Waals surface area contributed by atoms with E-state index >= 15 is 0 Å². The molecule has 1 aliphatic carbocycles. The van der Waals surface area contributed by atoms with Crippen LogP contribution in [0.15, 0.2) is 61.2 Å². The summed E-state index contributed by atoms with van der Waals surface area (Å²) in [5.41, 5.74) is 5.39. The van der Waals surface area contributed by atoms with E-state index in [0.717, 1.165) is 31.5 Å². The van der Waals surface area contributed by atoms with Crippen LogP contribution in [0.5, 0.6) is 0 Å². The Morgan fingerprint density at radius 3 is 2.17 bits per heavy atom. The van der Waals surface area contributed by atoms with Crippen molar-refractivity contribution in [2.45, 2.75) is 83.7 Å². The lowest BCUT2D eigenvalue weighted by atomic mass is 9.77. The molecule has 1 saturated carbocycles. The molecule has 1 heteroatoms. The van der Waals surface area contributed by atoms with Crippen LogP contribution in [-0.4, -0.2) is 6.61 Å². The quantitative estimate of drug-likeness (QED) is 0.254. The fraction of sp³-hybridized carbons (Fsp3) is 0.517. The maximum atomic E-state index is 5.78. The second kappa shape index (κ2) is 12.7. The fourth-order valence-corrected chi connectivity index (χ4v) is 4.72. The average molecular weight is 405 g/mol. The molecule has 0 saturated heterocycles. The minimum Gasteiger partial charge on any atom is -0.377 e. The smallest absolute Gasteiger partial charge is 0.0716 e. The first-order valence-corrected chi connectivity index (χ1v) is 12.2. The Morgan fingerprint density at radius 2 is 1.53 bits per heavy atom. The lowest BCUT2D eigenvalue weighted by molar-refractivity contribution is 0.117. The van der Waals surface area contributed by atoms with Crippen molar-refractivity contribution in [2.75, 3.05) is 6.61 Å². The normalized spacial score (nSPS) is 19.0. The third kappa shape index (κ3) is 7.13. The first-order valence-electron chi connectivity index (χ1n) is 12.2. The van der Waals surface area contributed by atoms with Gasteiger partial charge >= 0.3 is 0 Å². The van der Waals surface area contributed by atoms with E-state index in [4.69, 9.17) is 4.74 Å². The first kappa shape index (κ1) is 22.8. The molecule has 0 bridgehead atoms. The van der Waals surface area contributed by atoms with Crippen molar-refractivity contribution < 1.29 is 4.74 Å². The number of rotatable bonds is 12. The highest BCUT2D eigenvalue weighted by Crippen LogP contribution is 2.38. The molecular weight excluding hydrogens is 364 g/mol. The zero-order valence-corrected chi connectivity index (χ0v) is 19.0. The molecule has 0 aliphatic heterocycles. The van der Waals surface area contributed by atoms with Gasteiger partial charge in [-0.2, -0.15) is 0 Å². The number of hydrogen-bond donors (Lipinski definition) is 0. The Hall–Kier alpha value is -1.86. The van der Waals surface area contributed by atoms with Gasteiger partial charge in [-0.25, -0.2) is 0 Å². The van der Waals surface area contributed by atoms with Crippen LogP contribution in [0.4, 0.5) is 0 Å². The van der Waals surface area contributed by atoms with Gasteiger partial charge in [-0.1, -0.05) is 80.8 Å². The predicted molar refractivity (Wildman–Crippen MR) is 130 cm³/mol. The largest absolute Gasteiger partial charge is 0.377 e. The van der Waals surface area contributed by atoms with E-state index in [1.807, 2.05) is 0 Å². The maximum Gasteiger partial charge on any atom is 0.0716 e. The Balaban J connectivity index is 1.47. The molecular formula is C29H40O. The molecule has 1 fully saturated rings. The van der Waals surface area contributed by atoms with E-state index in [-0.39, 0.29) is 0 Å². The molecule has 0 atom stereocenters. The molecule has 0 radical (unpaired) electrons. The topological polar surface area (TPSA) is 9.23 Å². The summed E-state index contributed by atoms with van der Waals surface area (Å²) in [7, 11) is 0. The van der Waals surface area contributed by atoms with Crippen LogP contribution in [0.1, 0.15) is 88.2 Å². The summed E-state index contributed by atoms with van der Waals surface area (Å²) in [5.74, 6) is 1.69. The van der Waals surface area contributed by atoms with Gasteiger partial charge in [0.2, 0.25) is 0 Å². The summed E-state index contributed by atoms with van der Waals surface area (Å²) in [6.07, 6.45) is 15.1. The fourth-order valence-electron chi connectivity index (χ4n) is 4.72. The highest BCUT2D eigenvalue weighted by Gasteiger charge is 2.21. The summed E-state index contributed by atoms with van der Waals surface area (Å²) in [6.45, 7) is 7.66. The maximum absolute atomic E-state index is 5.78. The number of hydrogen-bond acceptors (Lipinski definition) is 1. The third-order valence-corrected chi connectivity index (χ3v) is 6.70. The van der Waals surface area contributed by atoms with Gasteiger partial charge in [-0.3, -0.25) is 0 Å². The molecule has 0 unspecified atom stereocenters. The average Bonchev–Trinajstić information content (AvgIpc) is 2.80. The summed E-state index contributed by atoms with van der Waals surface area (Å²) >= 11 is 0. The van der Waals surface area contributed by atoms with Crippen molar-refractivity contribution in [3.63, 3.8) is 0 Å². The van der Waals surface area contributed by atoms with Gasteiger partial charge < -0.3 is 4.74 Å². The molecule has 3 rings (SSSR count). The molecule has 162 valence electrons. The number of ether oxygens (including phenoxy) is 1. The molecule has 0 amide bonds. The summed E-state index contributed by atoms with van der Waals surface area (Å²) < 4.78 is 5.78. The van der Waals surface area contributed by atoms with E-state index in [2.05, 4.69) is 68.1 Å². The van der Waals surface area contributed by atoms with Crippen LogP contribution < -0.4 is 0 Å². The van der Waals surface area contributed by atoms with Gasteiger partial charge in [0.1, 0.15) is 0 Å². The lowest BCUT2D eigenvalue weighted by Crippen LogP contribution is -2.13. The Bertz CT molecular complexity index is 720. The molecule has 0 spiro atoms. The van der Waals surface area contributed by atoms with Crippen molar-refractivity contribution in [3.05, 3.63) is 72.3 Å². The molecule has 1 aliphatic rings. The molecule has 2 aromatic rings. The SMILES string of the molecule is C=CCCCC1CCC(c2ccc(-c3ccc(COCCCCC)cc3)cc2)CC1.